The fraction of sp³-hybridized carbons (Fsp3) is 0.143. The molecule has 1 aliphatic rings. The van der Waals surface area contributed by atoms with Gasteiger partial charge >= 0.3 is 5.69 Å². The van der Waals surface area contributed by atoms with E-state index < -0.39 is 5.69 Å². The van der Waals surface area contributed by atoms with Crippen LogP contribution in [0.3, 0.4) is 0 Å². The Bertz CT molecular complexity index is 1380. The second kappa shape index (κ2) is 6.30. The highest BCUT2D eigenvalue weighted by atomic mass is 16.2. The normalized spacial score (nSPS) is 13.4. The first kappa shape index (κ1) is 17.2. The zero-order valence-electron chi connectivity index (χ0n) is 16.0. The van der Waals surface area contributed by atoms with E-state index in [4.69, 9.17) is 5.10 Å². The molecule has 0 radical (unpaired) electrons. The van der Waals surface area contributed by atoms with Gasteiger partial charge < -0.3 is 0 Å². The predicted molar refractivity (Wildman–Crippen MR) is 112 cm³/mol. The molecule has 2 aromatic heterocycles. The van der Waals surface area contributed by atoms with Crippen molar-refractivity contribution in [2.24, 2.45) is 19.2 Å². The van der Waals surface area contributed by atoms with Gasteiger partial charge in [0, 0.05) is 14.1 Å². The molecule has 0 N–H and O–H groups in total. The molecule has 0 bridgehead atoms. The molecule has 0 amide bonds. The average molecular weight is 386 g/mol. The first-order valence-corrected chi connectivity index (χ1v) is 9.20. The largest absolute Gasteiger partial charge is 0.332 e. The van der Waals surface area contributed by atoms with E-state index >= 15 is 0 Å². The first-order valence-electron chi connectivity index (χ1n) is 9.20. The van der Waals surface area contributed by atoms with E-state index in [-0.39, 0.29) is 5.56 Å². The van der Waals surface area contributed by atoms with Crippen LogP contribution in [0.2, 0.25) is 0 Å². The van der Waals surface area contributed by atoms with E-state index in [2.05, 4.69) is 4.98 Å². The minimum Gasteiger partial charge on any atom is -0.296 e. The third kappa shape index (κ3) is 2.53. The number of aromatic nitrogens is 4. The number of fused-ring (bicyclic) bond motifs is 3. The summed E-state index contributed by atoms with van der Waals surface area (Å²) in [6, 6.07) is 19.5. The SMILES string of the molecule is Cn1c(=O)c2c(nc3n2CC(c2ccccc2)=NN3c2ccccc2)n(C)c1=O. The third-order valence-corrected chi connectivity index (χ3v) is 5.15. The lowest BCUT2D eigenvalue weighted by molar-refractivity contribution is 0.703. The highest BCUT2D eigenvalue weighted by Gasteiger charge is 2.28. The molecule has 0 unspecified atom stereocenters. The summed E-state index contributed by atoms with van der Waals surface area (Å²) in [5, 5.41) is 6.55. The van der Waals surface area contributed by atoms with Crippen molar-refractivity contribution >= 4 is 28.5 Å². The van der Waals surface area contributed by atoms with Gasteiger partial charge in [0.1, 0.15) is 0 Å². The molecule has 1 aliphatic heterocycles. The maximum atomic E-state index is 13.0. The van der Waals surface area contributed by atoms with Crippen LogP contribution in [-0.4, -0.2) is 24.4 Å². The van der Waals surface area contributed by atoms with Gasteiger partial charge in [-0.2, -0.15) is 15.1 Å². The number of benzene rings is 2. The molecule has 144 valence electrons. The summed E-state index contributed by atoms with van der Waals surface area (Å²) in [5.41, 5.74) is 2.53. The molecule has 5 rings (SSSR count). The van der Waals surface area contributed by atoms with Crippen LogP contribution in [0.4, 0.5) is 11.6 Å². The number of aryl methyl sites for hydroxylation is 1. The van der Waals surface area contributed by atoms with Gasteiger partial charge in [-0.25, -0.2) is 4.79 Å². The zero-order valence-corrected chi connectivity index (χ0v) is 16.0. The van der Waals surface area contributed by atoms with Crippen LogP contribution in [-0.2, 0) is 20.6 Å². The van der Waals surface area contributed by atoms with Gasteiger partial charge in [0.2, 0.25) is 5.95 Å². The summed E-state index contributed by atoms with van der Waals surface area (Å²) in [6.07, 6.45) is 0. The van der Waals surface area contributed by atoms with Crippen LogP contribution in [0.5, 0.6) is 0 Å². The smallest absolute Gasteiger partial charge is 0.296 e. The predicted octanol–water partition coefficient (Wildman–Crippen LogP) is 1.99. The molecule has 0 atom stereocenters. The molecule has 3 heterocycles. The van der Waals surface area contributed by atoms with Gasteiger partial charge in [-0.05, 0) is 17.7 Å². The standard InChI is InChI=1S/C21H18N6O2/c1-24-18-17(19(28)25(2)21(24)29)26-13-16(14-9-5-3-6-10-14)23-27(20(26)22-18)15-11-7-4-8-12-15/h3-12H,13H2,1-2H3. The highest BCUT2D eigenvalue weighted by Crippen LogP contribution is 2.31. The second-order valence-electron chi connectivity index (χ2n) is 6.94. The lowest BCUT2D eigenvalue weighted by atomic mass is 10.1. The van der Waals surface area contributed by atoms with Gasteiger partial charge in [-0.1, -0.05) is 48.5 Å². The minimum absolute atomic E-state index is 0.346. The van der Waals surface area contributed by atoms with E-state index in [0.29, 0.717) is 23.7 Å². The van der Waals surface area contributed by atoms with Crippen LogP contribution < -0.4 is 16.3 Å². The Morgan fingerprint density at radius 2 is 1.52 bits per heavy atom. The maximum Gasteiger partial charge on any atom is 0.332 e. The molecule has 2 aromatic carbocycles. The number of para-hydroxylation sites is 1. The summed E-state index contributed by atoms with van der Waals surface area (Å²) in [5.74, 6) is 0.504. The number of hydrazone groups is 1. The summed E-state index contributed by atoms with van der Waals surface area (Å²) in [6.45, 7) is 0.382. The van der Waals surface area contributed by atoms with Crippen molar-refractivity contribution in [1.82, 2.24) is 18.7 Å². The number of imidazole rings is 1. The Balaban J connectivity index is 1.83. The van der Waals surface area contributed by atoms with E-state index in [1.54, 1.807) is 12.1 Å². The lowest BCUT2D eigenvalue weighted by Crippen LogP contribution is -2.38. The second-order valence-corrected chi connectivity index (χ2v) is 6.94. The van der Waals surface area contributed by atoms with Crippen LogP contribution >= 0.6 is 0 Å². The summed E-state index contributed by atoms with van der Waals surface area (Å²) in [4.78, 5) is 30.0. The van der Waals surface area contributed by atoms with Gasteiger partial charge in [0.25, 0.3) is 5.56 Å². The van der Waals surface area contributed by atoms with Crippen LogP contribution in [0, 0.1) is 0 Å². The van der Waals surface area contributed by atoms with Crippen LogP contribution in [0.1, 0.15) is 5.56 Å². The van der Waals surface area contributed by atoms with Crippen LogP contribution in [0.25, 0.3) is 11.2 Å². The molecule has 29 heavy (non-hydrogen) atoms. The van der Waals surface area contributed by atoms with Crippen molar-refractivity contribution in [2.75, 3.05) is 5.01 Å². The molecule has 0 saturated carbocycles. The minimum atomic E-state index is -0.409. The molecule has 0 saturated heterocycles. The molecule has 0 aliphatic carbocycles. The fourth-order valence-corrected chi connectivity index (χ4v) is 3.62. The summed E-state index contributed by atoms with van der Waals surface area (Å²) < 4.78 is 4.34. The Labute approximate surface area is 165 Å². The molecule has 8 heteroatoms. The van der Waals surface area contributed by atoms with Gasteiger partial charge in [0.05, 0.1) is 17.9 Å². The topological polar surface area (TPSA) is 77.4 Å². The summed E-state index contributed by atoms with van der Waals surface area (Å²) >= 11 is 0. The van der Waals surface area contributed by atoms with Crippen molar-refractivity contribution in [3.63, 3.8) is 0 Å². The van der Waals surface area contributed by atoms with E-state index in [0.717, 1.165) is 21.5 Å². The van der Waals surface area contributed by atoms with Crippen molar-refractivity contribution in [2.45, 2.75) is 6.54 Å². The van der Waals surface area contributed by atoms with Gasteiger partial charge in [-0.15, -0.1) is 0 Å². The van der Waals surface area contributed by atoms with Crippen molar-refractivity contribution in [1.29, 1.82) is 0 Å². The van der Waals surface area contributed by atoms with E-state index in [9.17, 15) is 9.59 Å². The molecular weight excluding hydrogens is 368 g/mol. The molecular formula is C21H18N6O2. The highest BCUT2D eigenvalue weighted by molar-refractivity contribution is 6.03. The third-order valence-electron chi connectivity index (χ3n) is 5.15. The zero-order chi connectivity index (χ0) is 20.1. The summed E-state index contributed by atoms with van der Waals surface area (Å²) in [7, 11) is 3.10. The number of anilines is 2. The molecule has 0 fully saturated rings. The number of hydrogen-bond acceptors (Lipinski definition) is 5. The van der Waals surface area contributed by atoms with Gasteiger partial charge in [0.15, 0.2) is 11.2 Å². The van der Waals surface area contributed by atoms with E-state index in [1.807, 2.05) is 65.2 Å². The number of rotatable bonds is 2. The van der Waals surface area contributed by atoms with Crippen LogP contribution in [0.15, 0.2) is 75.4 Å². The maximum absolute atomic E-state index is 13.0. The Hall–Kier alpha value is -3.94. The van der Waals surface area contributed by atoms with Crippen molar-refractivity contribution in [3.05, 3.63) is 87.1 Å². The Kier molecular flexibility index (Phi) is 3.73. The molecule has 8 nitrogen and oxygen atoms in total. The first-order chi connectivity index (χ1) is 14.1. The average Bonchev–Trinajstić information content (AvgIpc) is 3.16. The molecule has 0 spiro atoms. The van der Waals surface area contributed by atoms with Crippen molar-refractivity contribution < 1.29 is 0 Å². The number of hydrogen-bond donors (Lipinski definition) is 0. The lowest BCUT2D eigenvalue weighted by Gasteiger charge is -2.26. The van der Waals surface area contributed by atoms with E-state index in [1.165, 1.54) is 11.6 Å². The Morgan fingerprint density at radius 1 is 0.862 bits per heavy atom. The number of nitrogens with zero attached hydrogens (tertiary/aromatic N) is 6. The quantitative estimate of drug-likeness (QED) is 0.528. The monoisotopic (exact) mass is 386 g/mol. The Morgan fingerprint density at radius 3 is 2.21 bits per heavy atom. The van der Waals surface area contributed by atoms with Gasteiger partial charge in [-0.3, -0.25) is 18.5 Å². The molecule has 4 aromatic rings. The fourth-order valence-electron chi connectivity index (χ4n) is 3.62. The van der Waals surface area contributed by atoms with Crippen molar-refractivity contribution in [3.8, 4) is 0 Å².